The van der Waals surface area contributed by atoms with Crippen molar-refractivity contribution in [2.75, 3.05) is 37.0 Å². The molecule has 3 aromatic rings. The van der Waals surface area contributed by atoms with Gasteiger partial charge in [0.25, 0.3) is 0 Å². The van der Waals surface area contributed by atoms with Gasteiger partial charge in [-0.05, 0) is 48.7 Å². The molecule has 0 saturated carbocycles. The molecule has 0 aliphatic carbocycles. The lowest BCUT2D eigenvalue weighted by Gasteiger charge is -2.31. The van der Waals surface area contributed by atoms with Crippen LogP contribution in [0.3, 0.4) is 0 Å². The quantitative estimate of drug-likeness (QED) is 0.670. The zero-order chi connectivity index (χ0) is 20.4. The number of nitrogens with zero attached hydrogens (tertiary/aromatic N) is 3. The van der Waals surface area contributed by atoms with Crippen LogP contribution in [0.4, 0.5) is 11.6 Å². The molecule has 0 radical (unpaired) electrons. The maximum Gasteiger partial charge on any atom is 0.225 e. The Morgan fingerprint density at radius 3 is 2.83 bits per heavy atom. The van der Waals surface area contributed by atoms with Crippen LogP contribution in [0.5, 0.6) is 0 Å². The molecule has 1 fully saturated rings. The lowest BCUT2D eigenvalue weighted by atomic mass is 9.97. The van der Waals surface area contributed by atoms with Crippen LogP contribution in [0.25, 0.3) is 11.0 Å². The molecule has 29 heavy (non-hydrogen) atoms. The predicted molar refractivity (Wildman–Crippen MR) is 119 cm³/mol. The van der Waals surface area contributed by atoms with Gasteiger partial charge in [0.15, 0.2) is 0 Å². The monoisotopic (exact) mass is 411 g/mol. The molecule has 0 bridgehead atoms. The third-order valence-electron chi connectivity index (χ3n) is 5.44. The van der Waals surface area contributed by atoms with E-state index in [4.69, 9.17) is 11.6 Å². The number of carbonyl (C=O) groups is 1. The van der Waals surface area contributed by atoms with Gasteiger partial charge in [0.2, 0.25) is 11.9 Å². The Hall–Kier alpha value is -2.73. The molecule has 7 heteroatoms. The Balaban J connectivity index is 1.37. The maximum atomic E-state index is 12.7. The lowest BCUT2D eigenvalue weighted by molar-refractivity contribution is -0.125. The third kappa shape index (κ3) is 4.48. The average Bonchev–Trinajstić information content (AvgIpc) is 3.15. The molecule has 2 heterocycles. The number of benzene rings is 2. The van der Waals surface area contributed by atoms with Gasteiger partial charge in [0, 0.05) is 44.4 Å². The van der Waals surface area contributed by atoms with Gasteiger partial charge in [0.05, 0.1) is 17.0 Å². The predicted octanol–water partition coefficient (Wildman–Crippen LogP) is 3.82. The fourth-order valence-corrected chi connectivity index (χ4v) is 3.92. The average molecular weight is 412 g/mol. The molecule has 1 saturated heterocycles. The van der Waals surface area contributed by atoms with Gasteiger partial charge in [-0.15, -0.1) is 0 Å². The molecule has 1 aliphatic rings. The van der Waals surface area contributed by atoms with E-state index in [2.05, 4.69) is 49.4 Å². The number of carbonyl (C=O) groups excluding carboxylic acids is 1. The molecule has 0 spiro atoms. The van der Waals surface area contributed by atoms with E-state index in [1.165, 1.54) is 0 Å². The lowest BCUT2D eigenvalue weighted by Crippen LogP contribution is -2.43. The van der Waals surface area contributed by atoms with Crippen LogP contribution in [0.15, 0.2) is 42.5 Å². The summed E-state index contributed by atoms with van der Waals surface area (Å²) < 4.78 is 0. The van der Waals surface area contributed by atoms with Crippen LogP contribution < -0.4 is 15.1 Å². The van der Waals surface area contributed by atoms with Crippen LogP contribution in [-0.2, 0) is 11.3 Å². The molecule has 1 atom stereocenters. The van der Waals surface area contributed by atoms with Crippen LogP contribution in [-0.4, -0.2) is 43.1 Å². The molecular formula is C22H26ClN5O. The number of imidazole rings is 1. The smallest absolute Gasteiger partial charge is 0.225 e. The number of halogens is 1. The fourth-order valence-electron chi connectivity index (χ4n) is 3.75. The zero-order valence-corrected chi connectivity index (χ0v) is 17.5. The van der Waals surface area contributed by atoms with E-state index in [1.807, 2.05) is 32.3 Å². The number of fused-ring (bicyclic) bond motifs is 1. The first-order chi connectivity index (χ1) is 14.0. The number of hydrogen-bond donors (Lipinski definition) is 2. The molecule has 2 aromatic carbocycles. The molecule has 4 rings (SSSR count). The van der Waals surface area contributed by atoms with Crippen molar-refractivity contribution < 1.29 is 4.79 Å². The highest BCUT2D eigenvalue weighted by Gasteiger charge is 2.27. The second-order valence-corrected chi connectivity index (χ2v) is 8.22. The minimum Gasteiger partial charge on any atom is -0.378 e. The van der Waals surface area contributed by atoms with Gasteiger partial charge in [0.1, 0.15) is 0 Å². The second-order valence-electron chi connectivity index (χ2n) is 7.79. The molecule has 152 valence electrons. The van der Waals surface area contributed by atoms with Gasteiger partial charge in [-0.3, -0.25) is 4.79 Å². The molecule has 2 N–H and O–H groups in total. The topological polar surface area (TPSA) is 64.3 Å². The van der Waals surface area contributed by atoms with Crippen molar-refractivity contribution in [1.82, 2.24) is 15.3 Å². The highest BCUT2D eigenvalue weighted by molar-refractivity contribution is 6.31. The Morgan fingerprint density at radius 2 is 2.07 bits per heavy atom. The van der Waals surface area contributed by atoms with Crippen molar-refractivity contribution in [2.24, 2.45) is 5.92 Å². The third-order valence-corrected chi connectivity index (χ3v) is 5.68. The van der Waals surface area contributed by atoms with Crippen molar-refractivity contribution in [3.63, 3.8) is 0 Å². The van der Waals surface area contributed by atoms with E-state index in [9.17, 15) is 4.79 Å². The summed E-state index contributed by atoms with van der Waals surface area (Å²) in [7, 11) is 4.03. The van der Waals surface area contributed by atoms with Crippen molar-refractivity contribution in [1.29, 1.82) is 0 Å². The summed E-state index contributed by atoms with van der Waals surface area (Å²) in [6.45, 7) is 2.11. The number of aromatic nitrogens is 2. The number of rotatable bonds is 5. The first-order valence-corrected chi connectivity index (χ1v) is 10.3. The Kier molecular flexibility index (Phi) is 5.62. The van der Waals surface area contributed by atoms with Crippen molar-refractivity contribution in [3.05, 3.63) is 53.1 Å². The summed E-state index contributed by atoms with van der Waals surface area (Å²) in [5, 5.41) is 3.78. The van der Waals surface area contributed by atoms with E-state index in [0.29, 0.717) is 18.1 Å². The summed E-state index contributed by atoms with van der Waals surface area (Å²) in [6, 6.07) is 13.9. The fraction of sp³-hybridized carbons (Fsp3) is 0.364. The first kappa shape index (κ1) is 19.6. The van der Waals surface area contributed by atoms with E-state index in [1.54, 1.807) is 0 Å². The highest BCUT2D eigenvalue weighted by atomic mass is 35.5. The summed E-state index contributed by atoms with van der Waals surface area (Å²) in [5.41, 5.74) is 4.05. The number of amides is 1. The Labute approximate surface area is 175 Å². The molecule has 6 nitrogen and oxygen atoms in total. The normalized spacial score (nSPS) is 16.8. The zero-order valence-electron chi connectivity index (χ0n) is 16.8. The molecule has 1 amide bonds. The van der Waals surface area contributed by atoms with E-state index >= 15 is 0 Å². The number of piperidine rings is 1. The number of nitrogens with one attached hydrogen (secondary N) is 2. The van der Waals surface area contributed by atoms with Crippen LogP contribution in [0.2, 0.25) is 5.02 Å². The summed E-state index contributed by atoms with van der Waals surface area (Å²) in [6.07, 6.45) is 1.86. The Morgan fingerprint density at radius 1 is 1.28 bits per heavy atom. The second kappa shape index (κ2) is 8.33. The first-order valence-electron chi connectivity index (χ1n) is 9.94. The number of H-pyrrole nitrogens is 1. The standard InChI is InChI=1S/C22H26ClN5O/c1-27(2)18-8-5-15(6-9-18)13-24-21(29)16-4-3-11-28(14-16)22-25-19-10-7-17(23)12-20(19)26-22/h5-10,12,16H,3-4,11,13-14H2,1-2H3,(H,24,29)(H,25,26)/t16-/m0/s1. The maximum absolute atomic E-state index is 12.7. The number of aromatic amines is 1. The van der Waals surface area contributed by atoms with Gasteiger partial charge >= 0.3 is 0 Å². The van der Waals surface area contributed by atoms with Crippen LogP contribution in [0.1, 0.15) is 18.4 Å². The van der Waals surface area contributed by atoms with E-state index in [-0.39, 0.29) is 11.8 Å². The van der Waals surface area contributed by atoms with Crippen molar-refractivity contribution in [2.45, 2.75) is 19.4 Å². The Bertz CT molecular complexity index is 998. The van der Waals surface area contributed by atoms with Gasteiger partial charge in [-0.2, -0.15) is 0 Å². The minimum atomic E-state index is -0.0402. The number of hydrogen-bond acceptors (Lipinski definition) is 4. The summed E-state index contributed by atoms with van der Waals surface area (Å²) >= 11 is 6.07. The molecule has 1 aromatic heterocycles. The molecule has 1 aliphatic heterocycles. The molecule has 0 unspecified atom stereocenters. The highest BCUT2D eigenvalue weighted by Crippen LogP contribution is 2.25. The van der Waals surface area contributed by atoms with Gasteiger partial charge in [-0.1, -0.05) is 23.7 Å². The summed E-state index contributed by atoms with van der Waals surface area (Å²) in [5.74, 6) is 0.867. The van der Waals surface area contributed by atoms with Gasteiger partial charge < -0.3 is 20.1 Å². The largest absolute Gasteiger partial charge is 0.378 e. The van der Waals surface area contributed by atoms with Crippen molar-refractivity contribution >= 4 is 40.2 Å². The van der Waals surface area contributed by atoms with Crippen molar-refractivity contribution in [3.8, 4) is 0 Å². The summed E-state index contributed by atoms with van der Waals surface area (Å²) in [4.78, 5) is 25.0. The number of anilines is 2. The van der Waals surface area contributed by atoms with Gasteiger partial charge in [-0.25, -0.2) is 4.98 Å². The van der Waals surface area contributed by atoms with E-state index in [0.717, 1.165) is 47.6 Å². The van der Waals surface area contributed by atoms with E-state index < -0.39 is 0 Å². The molecular weight excluding hydrogens is 386 g/mol. The van der Waals surface area contributed by atoms with Crippen LogP contribution >= 0.6 is 11.6 Å². The minimum absolute atomic E-state index is 0.0402. The van der Waals surface area contributed by atoms with Crippen LogP contribution in [0, 0.1) is 5.92 Å². The SMILES string of the molecule is CN(C)c1ccc(CNC(=O)[C@H]2CCCN(c3nc4ccc(Cl)cc4[nH]3)C2)cc1.